The lowest BCUT2D eigenvalue weighted by atomic mass is 10.1. The van der Waals surface area contributed by atoms with Crippen LogP contribution in [0, 0.1) is 6.92 Å². The van der Waals surface area contributed by atoms with Gasteiger partial charge in [-0.3, -0.25) is 4.68 Å². The van der Waals surface area contributed by atoms with Gasteiger partial charge in [0.2, 0.25) is 6.79 Å². The molecule has 1 aliphatic heterocycles. The summed E-state index contributed by atoms with van der Waals surface area (Å²) in [5.41, 5.74) is 2.33. The van der Waals surface area contributed by atoms with E-state index in [-0.39, 0.29) is 6.04 Å². The van der Waals surface area contributed by atoms with Crippen molar-refractivity contribution in [2.24, 2.45) is 0 Å². The molecule has 5 heteroatoms. The highest BCUT2D eigenvalue weighted by Gasteiger charge is 2.17. The van der Waals surface area contributed by atoms with Crippen LogP contribution >= 0.6 is 0 Å². The van der Waals surface area contributed by atoms with Gasteiger partial charge in [0.15, 0.2) is 11.5 Å². The van der Waals surface area contributed by atoms with Crippen molar-refractivity contribution in [2.45, 2.75) is 19.5 Å². The van der Waals surface area contributed by atoms with E-state index >= 15 is 0 Å². The second kappa shape index (κ2) is 4.93. The zero-order chi connectivity index (χ0) is 13.2. The van der Waals surface area contributed by atoms with Gasteiger partial charge in [-0.05, 0) is 37.2 Å². The van der Waals surface area contributed by atoms with Crippen LogP contribution in [0.1, 0.15) is 17.2 Å². The van der Waals surface area contributed by atoms with Crippen molar-refractivity contribution >= 4 is 0 Å². The van der Waals surface area contributed by atoms with Gasteiger partial charge in [0.05, 0.1) is 18.8 Å². The number of hydrogen-bond donors (Lipinski definition) is 1. The normalized spacial score (nSPS) is 14.6. The average molecular weight is 259 g/mol. The van der Waals surface area contributed by atoms with Crippen molar-refractivity contribution in [3.05, 3.63) is 41.7 Å². The highest BCUT2D eigenvalue weighted by molar-refractivity contribution is 5.45. The zero-order valence-electron chi connectivity index (χ0n) is 11.1. The number of aromatic nitrogens is 2. The highest BCUT2D eigenvalue weighted by Crippen LogP contribution is 2.34. The number of fused-ring (bicyclic) bond motifs is 1. The van der Waals surface area contributed by atoms with E-state index in [0.717, 1.165) is 18.0 Å². The molecule has 1 aliphatic rings. The number of hydrogen-bond acceptors (Lipinski definition) is 4. The standard InChI is InChI=1S/C14H17N3O2/c1-10-6-16-17(7-10)8-12(15-2)11-3-4-13-14(5-11)19-9-18-13/h3-7,12,15H,8-9H2,1-2H3. The Bertz CT molecular complexity index is 580. The number of nitrogens with zero attached hydrogens (tertiary/aromatic N) is 2. The van der Waals surface area contributed by atoms with Crippen molar-refractivity contribution in [3.63, 3.8) is 0 Å². The van der Waals surface area contributed by atoms with Gasteiger partial charge in [-0.2, -0.15) is 5.10 Å². The fourth-order valence-electron chi connectivity index (χ4n) is 2.25. The first-order chi connectivity index (χ1) is 9.26. The molecule has 2 aromatic rings. The molecule has 100 valence electrons. The largest absolute Gasteiger partial charge is 0.454 e. The van der Waals surface area contributed by atoms with E-state index in [1.165, 1.54) is 11.1 Å². The zero-order valence-corrected chi connectivity index (χ0v) is 11.1. The van der Waals surface area contributed by atoms with Crippen molar-refractivity contribution in [1.82, 2.24) is 15.1 Å². The van der Waals surface area contributed by atoms with Crippen LogP contribution in [0.25, 0.3) is 0 Å². The number of nitrogens with one attached hydrogen (secondary N) is 1. The Labute approximate surface area is 112 Å². The van der Waals surface area contributed by atoms with Crippen molar-refractivity contribution in [1.29, 1.82) is 0 Å². The number of rotatable bonds is 4. The SMILES string of the molecule is CNC(Cn1cc(C)cn1)c1ccc2c(c1)OCO2. The topological polar surface area (TPSA) is 48.3 Å². The number of aryl methyl sites for hydroxylation is 1. The molecule has 0 saturated carbocycles. The van der Waals surface area contributed by atoms with Crippen LogP contribution in [-0.4, -0.2) is 23.6 Å². The minimum atomic E-state index is 0.189. The lowest BCUT2D eigenvalue weighted by Crippen LogP contribution is -2.22. The summed E-state index contributed by atoms with van der Waals surface area (Å²) in [7, 11) is 1.95. The van der Waals surface area contributed by atoms with Gasteiger partial charge < -0.3 is 14.8 Å². The van der Waals surface area contributed by atoms with Crippen molar-refractivity contribution < 1.29 is 9.47 Å². The van der Waals surface area contributed by atoms with Crippen LogP contribution in [0.15, 0.2) is 30.6 Å². The molecule has 2 heterocycles. The van der Waals surface area contributed by atoms with Crippen LogP contribution in [0.4, 0.5) is 0 Å². The van der Waals surface area contributed by atoms with Crippen molar-refractivity contribution in [3.8, 4) is 11.5 Å². The van der Waals surface area contributed by atoms with Gasteiger partial charge >= 0.3 is 0 Å². The van der Waals surface area contributed by atoms with Crippen LogP contribution < -0.4 is 14.8 Å². The molecule has 0 radical (unpaired) electrons. The molecule has 1 unspecified atom stereocenters. The molecule has 19 heavy (non-hydrogen) atoms. The smallest absolute Gasteiger partial charge is 0.231 e. The molecule has 0 bridgehead atoms. The molecule has 1 aromatic heterocycles. The Morgan fingerprint density at radius 2 is 2.21 bits per heavy atom. The molecule has 1 aromatic carbocycles. The van der Waals surface area contributed by atoms with E-state index in [9.17, 15) is 0 Å². The van der Waals surface area contributed by atoms with Crippen LogP contribution in [0.5, 0.6) is 11.5 Å². The Morgan fingerprint density at radius 1 is 1.37 bits per heavy atom. The summed E-state index contributed by atoms with van der Waals surface area (Å²) >= 11 is 0. The molecular weight excluding hydrogens is 242 g/mol. The van der Waals surface area contributed by atoms with Crippen LogP contribution in [-0.2, 0) is 6.54 Å². The first kappa shape index (κ1) is 12.0. The molecular formula is C14H17N3O2. The molecule has 0 aliphatic carbocycles. The summed E-state index contributed by atoms with van der Waals surface area (Å²) in [5, 5.41) is 7.63. The summed E-state index contributed by atoms with van der Waals surface area (Å²) in [6, 6.07) is 6.23. The average Bonchev–Trinajstić information content (AvgIpc) is 3.03. The third-order valence-corrected chi connectivity index (χ3v) is 3.28. The van der Waals surface area contributed by atoms with E-state index in [2.05, 4.69) is 16.5 Å². The van der Waals surface area contributed by atoms with E-state index in [4.69, 9.17) is 9.47 Å². The number of likely N-dealkylation sites (N-methyl/N-ethyl adjacent to an activating group) is 1. The van der Waals surface area contributed by atoms with Crippen LogP contribution in [0.2, 0.25) is 0 Å². The minimum absolute atomic E-state index is 0.189. The van der Waals surface area contributed by atoms with E-state index in [0.29, 0.717) is 6.79 Å². The first-order valence-corrected chi connectivity index (χ1v) is 6.32. The Morgan fingerprint density at radius 3 is 2.95 bits per heavy atom. The first-order valence-electron chi connectivity index (χ1n) is 6.32. The molecule has 1 N–H and O–H groups in total. The maximum Gasteiger partial charge on any atom is 0.231 e. The summed E-state index contributed by atoms with van der Waals surface area (Å²) in [5.74, 6) is 1.63. The molecule has 0 fully saturated rings. The Hall–Kier alpha value is -2.01. The Kier molecular flexibility index (Phi) is 3.13. The lowest BCUT2D eigenvalue weighted by molar-refractivity contribution is 0.174. The Balaban J connectivity index is 1.82. The molecule has 1 atom stereocenters. The van der Waals surface area contributed by atoms with Gasteiger partial charge in [0.25, 0.3) is 0 Å². The third kappa shape index (κ3) is 2.42. The lowest BCUT2D eigenvalue weighted by Gasteiger charge is -2.17. The highest BCUT2D eigenvalue weighted by atomic mass is 16.7. The maximum absolute atomic E-state index is 5.42. The van der Waals surface area contributed by atoms with E-state index in [1.54, 1.807) is 0 Å². The summed E-state index contributed by atoms with van der Waals surface area (Å²) in [6.45, 7) is 3.13. The number of benzene rings is 1. The predicted molar refractivity (Wildman–Crippen MR) is 71.3 cm³/mol. The molecule has 0 spiro atoms. The summed E-state index contributed by atoms with van der Waals surface area (Å²) in [4.78, 5) is 0. The van der Waals surface area contributed by atoms with Gasteiger partial charge in [0.1, 0.15) is 0 Å². The van der Waals surface area contributed by atoms with Gasteiger partial charge in [0, 0.05) is 6.20 Å². The summed E-state index contributed by atoms with van der Waals surface area (Å²) < 4.78 is 12.7. The molecule has 0 amide bonds. The van der Waals surface area contributed by atoms with Crippen molar-refractivity contribution in [2.75, 3.05) is 13.8 Å². The summed E-state index contributed by atoms with van der Waals surface area (Å²) in [6.07, 6.45) is 3.91. The number of ether oxygens (including phenoxy) is 2. The van der Waals surface area contributed by atoms with Crippen LogP contribution in [0.3, 0.4) is 0 Å². The molecule has 3 rings (SSSR count). The fraction of sp³-hybridized carbons (Fsp3) is 0.357. The van der Waals surface area contributed by atoms with Gasteiger partial charge in [-0.1, -0.05) is 6.07 Å². The molecule has 0 saturated heterocycles. The van der Waals surface area contributed by atoms with E-state index in [1.807, 2.05) is 43.2 Å². The second-order valence-corrected chi connectivity index (χ2v) is 4.69. The van der Waals surface area contributed by atoms with Gasteiger partial charge in [-0.25, -0.2) is 0 Å². The third-order valence-electron chi connectivity index (χ3n) is 3.28. The predicted octanol–water partition coefficient (Wildman–Crippen LogP) is 1.88. The monoisotopic (exact) mass is 259 g/mol. The maximum atomic E-state index is 5.42. The van der Waals surface area contributed by atoms with E-state index < -0.39 is 0 Å². The van der Waals surface area contributed by atoms with Gasteiger partial charge in [-0.15, -0.1) is 0 Å². The fourth-order valence-corrected chi connectivity index (χ4v) is 2.25. The minimum Gasteiger partial charge on any atom is -0.454 e. The second-order valence-electron chi connectivity index (χ2n) is 4.69. The molecule has 5 nitrogen and oxygen atoms in total. The quantitative estimate of drug-likeness (QED) is 0.910.